The summed E-state index contributed by atoms with van der Waals surface area (Å²) in [6.45, 7) is 0.743. The minimum atomic E-state index is -0.454. The molecule has 8 heteroatoms. The molecule has 0 spiro atoms. The first-order valence-electron chi connectivity index (χ1n) is 8.44. The van der Waals surface area contributed by atoms with Gasteiger partial charge in [0.25, 0.3) is 0 Å². The van der Waals surface area contributed by atoms with Crippen LogP contribution >= 0.6 is 11.6 Å². The lowest BCUT2D eigenvalue weighted by molar-refractivity contribution is -0.111. The number of ether oxygens (including phenoxy) is 1. The van der Waals surface area contributed by atoms with Crippen LogP contribution in [0.15, 0.2) is 60.9 Å². The smallest absolute Gasteiger partial charge is 0.248 e. The summed E-state index contributed by atoms with van der Waals surface area (Å²) in [5.74, 6) is -0.393. The van der Waals surface area contributed by atoms with Crippen molar-refractivity contribution in [2.24, 2.45) is 0 Å². The molecule has 0 aliphatic rings. The molecule has 3 N–H and O–H groups in total. The fourth-order valence-electron chi connectivity index (χ4n) is 2.41. The highest BCUT2D eigenvalue weighted by Crippen LogP contribution is 2.20. The van der Waals surface area contributed by atoms with Crippen molar-refractivity contribution >= 4 is 35.0 Å². The Kier molecular flexibility index (Phi) is 6.29. The predicted octanol–water partition coefficient (Wildman–Crippen LogP) is 3.99. The molecule has 0 aliphatic heterocycles. The first kappa shape index (κ1) is 19.4. The van der Waals surface area contributed by atoms with Crippen LogP contribution in [-0.4, -0.2) is 22.3 Å². The largest absolute Gasteiger partial charge is 0.492 e. The zero-order chi connectivity index (χ0) is 19.9. The second-order valence-corrected chi connectivity index (χ2v) is 6.34. The van der Waals surface area contributed by atoms with Crippen LogP contribution in [0.25, 0.3) is 6.08 Å². The lowest BCUT2D eigenvalue weighted by atomic mass is 10.2. The van der Waals surface area contributed by atoms with Gasteiger partial charge >= 0.3 is 0 Å². The lowest BCUT2D eigenvalue weighted by Crippen LogP contribution is -2.09. The number of nitrogens with two attached hydrogens (primary N) is 1. The van der Waals surface area contributed by atoms with Crippen molar-refractivity contribution in [1.29, 1.82) is 0 Å². The number of benzene rings is 2. The molecular weight excluding hydrogens is 383 g/mol. The average Bonchev–Trinajstić information content (AvgIpc) is 3.09. The second kappa shape index (κ2) is 9.05. The van der Waals surface area contributed by atoms with E-state index >= 15 is 0 Å². The number of para-hydroxylation sites is 2. The van der Waals surface area contributed by atoms with Gasteiger partial charge in [0.1, 0.15) is 18.2 Å². The molecule has 1 aromatic heterocycles. The van der Waals surface area contributed by atoms with Crippen molar-refractivity contribution in [3.05, 3.63) is 77.3 Å². The number of rotatable bonds is 7. The van der Waals surface area contributed by atoms with Gasteiger partial charge in [0, 0.05) is 28.9 Å². The maximum absolute atomic E-state index is 13.3. The average molecular weight is 401 g/mol. The molecule has 0 saturated carbocycles. The van der Waals surface area contributed by atoms with E-state index in [9.17, 15) is 9.18 Å². The molecule has 3 rings (SSSR count). The molecule has 0 saturated heterocycles. The SMILES string of the molecule is Nc1ccccc1NC(=O)C=Cc1cnn(CCOc2cc(F)cc(Cl)c2)c1. The predicted molar refractivity (Wildman–Crippen MR) is 108 cm³/mol. The molecule has 0 radical (unpaired) electrons. The summed E-state index contributed by atoms with van der Waals surface area (Å²) in [6.07, 6.45) is 6.44. The molecule has 2 aromatic carbocycles. The van der Waals surface area contributed by atoms with Gasteiger partial charge in [-0.25, -0.2) is 4.39 Å². The number of nitrogens with zero attached hydrogens (tertiary/aromatic N) is 2. The maximum atomic E-state index is 13.3. The number of aromatic nitrogens is 2. The van der Waals surface area contributed by atoms with Crippen LogP contribution in [0.3, 0.4) is 0 Å². The number of hydrogen-bond donors (Lipinski definition) is 2. The summed E-state index contributed by atoms with van der Waals surface area (Å²) in [6, 6.07) is 11.0. The third-order valence-electron chi connectivity index (χ3n) is 3.72. The van der Waals surface area contributed by atoms with Crippen molar-refractivity contribution in [1.82, 2.24) is 9.78 Å². The van der Waals surface area contributed by atoms with Crippen LogP contribution in [0.5, 0.6) is 5.75 Å². The van der Waals surface area contributed by atoms with Crippen molar-refractivity contribution in [2.75, 3.05) is 17.7 Å². The monoisotopic (exact) mass is 400 g/mol. The molecule has 144 valence electrons. The van der Waals surface area contributed by atoms with Crippen LogP contribution in [0.2, 0.25) is 5.02 Å². The van der Waals surface area contributed by atoms with Gasteiger partial charge in [0.05, 0.1) is 24.1 Å². The van der Waals surface area contributed by atoms with Crippen LogP contribution in [0, 0.1) is 5.82 Å². The molecule has 1 heterocycles. The lowest BCUT2D eigenvalue weighted by Gasteiger charge is -2.06. The minimum Gasteiger partial charge on any atom is -0.492 e. The molecule has 0 atom stereocenters. The Hall–Kier alpha value is -3.32. The molecule has 1 amide bonds. The van der Waals surface area contributed by atoms with E-state index in [1.54, 1.807) is 53.5 Å². The summed E-state index contributed by atoms with van der Waals surface area (Å²) in [5.41, 5.74) is 7.60. The van der Waals surface area contributed by atoms with E-state index in [1.807, 2.05) is 0 Å². The first-order valence-corrected chi connectivity index (χ1v) is 8.82. The number of amides is 1. The fourth-order valence-corrected chi connectivity index (χ4v) is 2.63. The molecule has 0 bridgehead atoms. The summed E-state index contributed by atoms with van der Waals surface area (Å²) < 4.78 is 20.4. The quantitative estimate of drug-likeness (QED) is 0.464. The maximum Gasteiger partial charge on any atom is 0.248 e. The van der Waals surface area contributed by atoms with Crippen LogP contribution in [0.4, 0.5) is 15.8 Å². The summed E-state index contributed by atoms with van der Waals surface area (Å²) in [4.78, 5) is 12.0. The van der Waals surface area contributed by atoms with Gasteiger partial charge in [-0.2, -0.15) is 5.10 Å². The Labute approximate surface area is 166 Å². The Morgan fingerprint density at radius 2 is 2.14 bits per heavy atom. The van der Waals surface area contributed by atoms with Gasteiger partial charge in [-0.05, 0) is 30.3 Å². The summed E-state index contributed by atoms with van der Waals surface area (Å²) in [7, 11) is 0. The first-order chi connectivity index (χ1) is 13.5. The standard InChI is InChI=1S/C20H18ClFN4O2/c21-15-9-16(22)11-17(10-15)28-8-7-26-13-14(12-24-26)5-6-20(27)25-19-4-2-1-3-18(19)23/h1-6,9-13H,7-8,23H2,(H,25,27). The number of hydrogen-bond acceptors (Lipinski definition) is 4. The van der Waals surface area contributed by atoms with Gasteiger partial charge < -0.3 is 15.8 Å². The molecule has 6 nitrogen and oxygen atoms in total. The third-order valence-corrected chi connectivity index (χ3v) is 3.94. The molecule has 3 aromatic rings. The molecule has 28 heavy (non-hydrogen) atoms. The van der Waals surface area contributed by atoms with E-state index in [4.69, 9.17) is 22.1 Å². The number of halogens is 2. The zero-order valence-corrected chi connectivity index (χ0v) is 15.6. The number of anilines is 2. The Morgan fingerprint density at radius 1 is 1.32 bits per heavy atom. The van der Waals surface area contributed by atoms with Crippen molar-refractivity contribution in [2.45, 2.75) is 6.54 Å². The van der Waals surface area contributed by atoms with E-state index in [0.29, 0.717) is 30.3 Å². The van der Waals surface area contributed by atoms with E-state index in [2.05, 4.69) is 10.4 Å². The highest BCUT2D eigenvalue weighted by molar-refractivity contribution is 6.30. The molecule has 0 aliphatic carbocycles. The van der Waals surface area contributed by atoms with E-state index in [-0.39, 0.29) is 10.9 Å². The second-order valence-electron chi connectivity index (χ2n) is 5.90. The zero-order valence-electron chi connectivity index (χ0n) is 14.8. The fraction of sp³-hybridized carbons (Fsp3) is 0.100. The molecular formula is C20H18ClFN4O2. The molecule has 0 fully saturated rings. The van der Waals surface area contributed by atoms with Crippen molar-refractivity contribution < 1.29 is 13.9 Å². The van der Waals surface area contributed by atoms with E-state index in [0.717, 1.165) is 5.56 Å². The summed E-state index contributed by atoms with van der Waals surface area (Å²) >= 11 is 5.78. The minimum absolute atomic E-state index is 0.275. The van der Waals surface area contributed by atoms with Crippen LogP contribution in [0.1, 0.15) is 5.56 Å². The highest BCUT2D eigenvalue weighted by atomic mass is 35.5. The number of nitrogen functional groups attached to an aromatic ring is 1. The van der Waals surface area contributed by atoms with Gasteiger partial charge in [0.15, 0.2) is 0 Å². The van der Waals surface area contributed by atoms with E-state index < -0.39 is 5.82 Å². The van der Waals surface area contributed by atoms with Gasteiger partial charge in [-0.1, -0.05) is 23.7 Å². The summed E-state index contributed by atoms with van der Waals surface area (Å²) in [5, 5.41) is 7.18. The van der Waals surface area contributed by atoms with Crippen LogP contribution < -0.4 is 15.8 Å². The van der Waals surface area contributed by atoms with E-state index in [1.165, 1.54) is 18.2 Å². The van der Waals surface area contributed by atoms with Gasteiger partial charge in [-0.3, -0.25) is 9.48 Å². The highest BCUT2D eigenvalue weighted by Gasteiger charge is 2.03. The molecule has 0 unspecified atom stereocenters. The Bertz CT molecular complexity index is 983. The van der Waals surface area contributed by atoms with Crippen LogP contribution in [-0.2, 0) is 11.3 Å². The number of nitrogens with one attached hydrogen (secondary N) is 1. The number of carbonyl (C=O) groups is 1. The van der Waals surface area contributed by atoms with Crippen molar-refractivity contribution in [3.63, 3.8) is 0 Å². The normalized spacial score (nSPS) is 10.9. The van der Waals surface area contributed by atoms with Crippen molar-refractivity contribution in [3.8, 4) is 5.75 Å². The Morgan fingerprint density at radius 3 is 2.93 bits per heavy atom. The van der Waals surface area contributed by atoms with Gasteiger partial charge in [-0.15, -0.1) is 0 Å². The van der Waals surface area contributed by atoms with Gasteiger partial charge in [0.2, 0.25) is 5.91 Å². The topological polar surface area (TPSA) is 82.2 Å². The number of carbonyl (C=O) groups excluding carboxylic acids is 1. The third kappa shape index (κ3) is 5.59. The Balaban J connectivity index is 1.50.